The molecule has 6 heteroatoms. The number of nitrogens with zero attached hydrogens (tertiary/aromatic N) is 1. The van der Waals surface area contributed by atoms with Crippen LogP contribution in [0.4, 0.5) is 4.39 Å². The molecule has 0 aliphatic carbocycles. The van der Waals surface area contributed by atoms with Crippen LogP contribution in [0.15, 0.2) is 54.6 Å². The van der Waals surface area contributed by atoms with Gasteiger partial charge in [0.1, 0.15) is 11.6 Å². The first-order chi connectivity index (χ1) is 13.5. The second-order valence-corrected chi connectivity index (χ2v) is 6.14. The fourth-order valence-corrected chi connectivity index (χ4v) is 2.59. The topological polar surface area (TPSA) is 55.8 Å². The molecule has 0 saturated carbocycles. The predicted octanol–water partition coefficient (Wildman–Crippen LogP) is 3.48. The van der Waals surface area contributed by atoms with Gasteiger partial charge in [0, 0.05) is 19.2 Å². The number of carbonyl (C=O) groups excluding carboxylic acids is 2. The van der Waals surface area contributed by atoms with E-state index in [0.717, 1.165) is 11.1 Å². The van der Waals surface area contributed by atoms with E-state index in [2.05, 4.69) is 4.74 Å². The molecule has 1 amide bonds. The van der Waals surface area contributed by atoms with Crippen LogP contribution in [0.25, 0.3) is 6.08 Å². The largest absolute Gasteiger partial charge is 0.497 e. The van der Waals surface area contributed by atoms with Gasteiger partial charge in [0.2, 0.25) is 5.91 Å². The molecular weight excluding hydrogens is 361 g/mol. The fraction of sp³-hybridized carbons (Fsp3) is 0.273. The molecule has 0 fully saturated rings. The standard InChI is InChI=1S/C22H24FNO4/c1-27-20-5-3-4-18(16-20)8-11-21(25)24(15-13-22(26)28-2)14-12-17-6-9-19(23)10-7-17/h3-11,16H,12-15H2,1-2H3/b11-8+. The van der Waals surface area contributed by atoms with E-state index in [1.54, 1.807) is 30.2 Å². The van der Waals surface area contributed by atoms with Gasteiger partial charge in [0.15, 0.2) is 0 Å². The Morgan fingerprint density at radius 3 is 2.50 bits per heavy atom. The van der Waals surface area contributed by atoms with Crippen molar-refractivity contribution in [2.75, 3.05) is 27.3 Å². The lowest BCUT2D eigenvalue weighted by molar-refractivity contribution is -0.141. The van der Waals surface area contributed by atoms with E-state index in [1.165, 1.54) is 25.3 Å². The number of hydrogen-bond acceptors (Lipinski definition) is 4. The van der Waals surface area contributed by atoms with Gasteiger partial charge < -0.3 is 14.4 Å². The average molecular weight is 385 g/mol. The van der Waals surface area contributed by atoms with Gasteiger partial charge in [-0.1, -0.05) is 24.3 Å². The highest BCUT2D eigenvalue weighted by atomic mass is 19.1. The van der Waals surface area contributed by atoms with Gasteiger partial charge in [-0.3, -0.25) is 9.59 Å². The van der Waals surface area contributed by atoms with Gasteiger partial charge in [0.05, 0.1) is 20.6 Å². The Kier molecular flexibility index (Phi) is 8.21. The normalized spacial score (nSPS) is 10.7. The number of halogens is 1. The molecular formula is C22H24FNO4. The van der Waals surface area contributed by atoms with E-state index >= 15 is 0 Å². The van der Waals surface area contributed by atoms with Crippen LogP contribution in [0, 0.1) is 5.82 Å². The lowest BCUT2D eigenvalue weighted by Crippen LogP contribution is -2.33. The van der Waals surface area contributed by atoms with E-state index in [9.17, 15) is 14.0 Å². The summed E-state index contributed by atoms with van der Waals surface area (Å²) in [6.45, 7) is 0.652. The molecule has 0 heterocycles. The summed E-state index contributed by atoms with van der Waals surface area (Å²) in [4.78, 5) is 25.7. The average Bonchev–Trinajstić information content (AvgIpc) is 2.73. The summed E-state index contributed by atoms with van der Waals surface area (Å²) in [5, 5.41) is 0. The Morgan fingerprint density at radius 2 is 1.82 bits per heavy atom. The SMILES string of the molecule is COC(=O)CCN(CCc1ccc(F)cc1)C(=O)/C=C/c1cccc(OC)c1. The zero-order chi connectivity index (χ0) is 20.4. The molecule has 0 aliphatic rings. The molecule has 148 valence electrons. The lowest BCUT2D eigenvalue weighted by atomic mass is 10.1. The lowest BCUT2D eigenvalue weighted by Gasteiger charge is -2.21. The van der Waals surface area contributed by atoms with E-state index in [-0.39, 0.29) is 30.7 Å². The van der Waals surface area contributed by atoms with Crippen LogP contribution in [0.5, 0.6) is 5.75 Å². The Morgan fingerprint density at radius 1 is 1.07 bits per heavy atom. The molecule has 0 spiro atoms. The van der Waals surface area contributed by atoms with Crippen LogP contribution < -0.4 is 4.74 Å². The van der Waals surface area contributed by atoms with Crippen LogP contribution in [0.3, 0.4) is 0 Å². The van der Waals surface area contributed by atoms with Crippen molar-refractivity contribution < 1.29 is 23.5 Å². The van der Waals surface area contributed by atoms with Crippen molar-refractivity contribution in [3.63, 3.8) is 0 Å². The quantitative estimate of drug-likeness (QED) is 0.490. The summed E-state index contributed by atoms with van der Waals surface area (Å²) >= 11 is 0. The summed E-state index contributed by atoms with van der Waals surface area (Å²) < 4.78 is 22.9. The van der Waals surface area contributed by atoms with Crippen molar-refractivity contribution in [2.24, 2.45) is 0 Å². The van der Waals surface area contributed by atoms with Gasteiger partial charge in [-0.05, 0) is 47.9 Å². The Balaban J connectivity index is 2.05. The zero-order valence-corrected chi connectivity index (χ0v) is 16.1. The molecule has 0 saturated heterocycles. The second-order valence-electron chi connectivity index (χ2n) is 6.14. The van der Waals surface area contributed by atoms with Crippen LogP contribution in [-0.4, -0.2) is 44.1 Å². The van der Waals surface area contributed by atoms with E-state index < -0.39 is 0 Å². The maximum absolute atomic E-state index is 13.0. The molecule has 0 unspecified atom stereocenters. The molecule has 0 atom stereocenters. The number of benzene rings is 2. The number of esters is 1. The van der Waals surface area contributed by atoms with Crippen molar-refractivity contribution in [1.82, 2.24) is 4.90 Å². The number of methoxy groups -OCH3 is 2. The van der Waals surface area contributed by atoms with Gasteiger partial charge in [-0.2, -0.15) is 0 Å². The molecule has 2 rings (SSSR count). The predicted molar refractivity (Wildman–Crippen MR) is 105 cm³/mol. The summed E-state index contributed by atoms with van der Waals surface area (Å²) in [5.74, 6) is -0.192. The van der Waals surface area contributed by atoms with Crippen molar-refractivity contribution in [1.29, 1.82) is 0 Å². The van der Waals surface area contributed by atoms with Crippen molar-refractivity contribution >= 4 is 18.0 Å². The van der Waals surface area contributed by atoms with E-state index in [4.69, 9.17) is 4.74 Å². The zero-order valence-electron chi connectivity index (χ0n) is 16.1. The second kappa shape index (κ2) is 10.9. The van der Waals surface area contributed by atoms with Gasteiger partial charge in [-0.25, -0.2) is 4.39 Å². The molecule has 0 N–H and O–H groups in total. The third-order valence-electron chi connectivity index (χ3n) is 4.22. The van der Waals surface area contributed by atoms with Crippen molar-refractivity contribution in [3.8, 4) is 5.75 Å². The fourth-order valence-electron chi connectivity index (χ4n) is 2.59. The molecule has 0 bridgehead atoms. The van der Waals surface area contributed by atoms with Gasteiger partial charge in [0.25, 0.3) is 0 Å². The summed E-state index contributed by atoms with van der Waals surface area (Å²) in [6, 6.07) is 13.5. The first kappa shape index (κ1) is 21.2. The minimum absolute atomic E-state index is 0.110. The van der Waals surface area contributed by atoms with Crippen LogP contribution >= 0.6 is 0 Å². The first-order valence-electron chi connectivity index (χ1n) is 8.94. The number of amides is 1. The van der Waals surface area contributed by atoms with E-state index in [1.807, 2.05) is 24.3 Å². The minimum Gasteiger partial charge on any atom is -0.497 e. The van der Waals surface area contributed by atoms with Crippen LogP contribution in [0.2, 0.25) is 0 Å². The molecule has 2 aromatic carbocycles. The highest BCUT2D eigenvalue weighted by Crippen LogP contribution is 2.14. The van der Waals surface area contributed by atoms with Crippen LogP contribution in [0.1, 0.15) is 17.5 Å². The van der Waals surface area contributed by atoms with Crippen LogP contribution in [-0.2, 0) is 20.7 Å². The number of rotatable bonds is 9. The van der Waals surface area contributed by atoms with Gasteiger partial charge >= 0.3 is 5.97 Å². The number of hydrogen-bond donors (Lipinski definition) is 0. The maximum atomic E-state index is 13.0. The monoisotopic (exact) mass is 385 g/mol. The van der Waals surface area contributed by atoms with Crippen molar-refractivity contribution in [2.45, 2.75) is 12.8 Å². The maximum Gasteiger partial charge on any atom is 0.307 e. The smallest absolute Gasteiger partial charge is 0.307 e. The molecule has 0 radical (unpaired) electrons. The summed E-state index contributed by atoms with van der Waals surface area (Å²) in [7, 11) is 2.90. The van der Waals surface area contributed by atoms with Gasteiger partial charge in [-0.15, -0.1) is 0 Å². The molecule has 2 aromatic rings. The minimum atomic E-state index is -0.378. The molecule has 0 aromatic heterocycles. The number of carbonyl (C=O) groups is 2. The number of ether oxygens (including phenoxy) is 2. The summed E-state index contributed by atoms with van der Waals surface area (Å²) in [5.41, 5.74) is 1.74. The third-order valence-corrected chi connectivity index (χ3v) is 4.22. The molecule has 28 heavy (non-hydrogen) atoms. The Bertz CT molecular complexity index is 818. The molecule has 0 aliphatic heterocycles. The van der Waals surface area contributed by atoms with E-state index in [0.29, 0.717) is 18.7 Å². The highest BCUT2D eigenvalue weighted by Gasteiger charge is 2.13. The first-order valence-corrected chi connectivity index (χ1v) is 8.94. The van der Waals surface area contributed by atoms with Crippen molar-refractivity contribution in [3.05, 3.63) is 71.6 Å². The Hall–Kier alpha value is -3.15. The Labute approximate surface area is 164 Å². The third kappa shape index (κ3) is 6.87. The molecule has 5 nitrogen and oxygen atoms in total. The highest BCUT2D eigenvalue weighted by molar-refractivity contribution is 5.92. The summed E-state index contributed by atoms with van der Waals surface area (Å²) in [6.07, 6.45) is 3.84.